The van der Waals surface area contributed by atoms with E-state index in [1.165, 1.54) is 7.11 Å². The minimum Gasteiger partial charge on any atom is -0.468 e. The highest BCUT2D eigenvalue weighted by Crippen LogP contribution is 2.48. The van der Waals surface area contributed by atoms with Crippen molar-refractivity contribution in [1.82, 2.24) is 4.90 Å². The molecule has 98 valence electrons. The summed E-state index contributed by atoms with van der Waals surface area (Å²) < 4.78 is 5.07. The van der Waals surface area contributed by atoms with Crippen LogP contribution >= 0.6 is 0 Å². The largest absolute Gasteiger partial charge is 0.468 e. The first kappa shape index (κ1) is 11.9. The van der Waals surface area contributed by atoms with Crippen molar-refractivity contribution in [2.24, 2.45) is 11.8 Å². The second-order valence-corrected chi connectivity index (χ2v) is 5.51. The molecule has 3 atom stereocenters. The van der Waals surface area contributed by atoms with E-state index in [1.54, 1.807) is 6.08 Å². The lowest BCUT2D eigenvalue weighted by Gasteiger charge is -2.56. The summed E-state index contributed by atoms with van der Waals surface area (Å²) in [6.45, 7) is 1.81. The number of ether oxygens (including phenoxy) is 1. The lowest BCUT2D eigenvalue weighted by molar-refractivity contribution is -0.175. The van der Waals surface area contributed by atoms with E-state index in [0.29, 0.717) is 0 Å². The van der Waals surface area contributed by atoms with E-state index in [1.807, 2.05) is 6.08 Å². The summed E-state index contributed by atoms with van der Waals surface area (Å²) in [5.41, 5.74) is -0.697. The van der Waals surface area contributed by atoms with Crippen LogP contribution in [-0.2, 0) is 14.3 Å². The molecule has 1 aliphatic carbocycles. The zero-order chi connectivity index (χ0) is 12.8. The molecule has 2 fully saturated rings. The van der Waals surface area contributed by atoms with Crippen LogP contribution < -0.4 is 0 Å². The molecule has 0 spiro atoms. The number of piperidine rings is 2. The van der Waals surface area contributed by atoms with Crippen molar-refractivity contribution in [3.63, 3.8) is 0 Å². The molecule has 0 saturated carbocycles. The molecular weight excluding hydrogens is 230 g/mol. The Balaban J connectivity index is 2.13. The van der Waals surface area contributed by atoms with E-state index >= 15 is 0 Å². The summed E-state index contributed by atoms with van der Waals surface area (Å²) in [6, 6.07) is 0. The minimum atomic E-state index is -0.697. The highest BCUT2D eigenvalue weighted by atomic mass is 16.5. The molecule has 2 aliphatic heterocycles. The zero-order valence-electron chi connectivity index (χ0n) is 10.7. The molecule has 2 saturated heterocycles. The van der Waals surface area contributed by atoms with Gasteiger partial charge in [-0.2, -0.15) is 0 Å². The Morgan fingerprint density at radius 3 is 2.83 bits per heavy atom. The van der Waals surface area contributed by atoms with Gasteiger partial charge in [-0.25, -0.2) is 0 Å². The molecule has 2 heterocycles. The topological polar surface area (TPSA) is 46.6 Å². The monoisotopic (exact) mass is 249 g/mol. The van der Waals surface area contributed by atoms with Crippen LogP contribution in [0.4, 0.5) is 0 Å². The third-order valence-electron chi connectivity index (χ3n) is 4.83. The number of carbonyl (C=O) groups excluding carboxylic acids is 2. The van der Waals surface area contributed by atoms with Crippen LogP contribution in [0.3, 0.4) is 0 Å². The van der Waals surface area contributed by atoms with Crippen molar-refractivity contribution in [1.29, 1.82) is 0 Å². The van der Waals surface area contributed by atoms with Crippen molar-refractivity contribution in [3.8, 4) is 0 Å². The number of esters is 1. The molecule has 0 bridgehead atoms. The Bertz CT molecular complexity index is 415. The number of allylic oxidation sites excluding steroid dienone is 1. The third-order valence-corrected chi connectivity index (χ3v) is 4.83. The average Bonchev–Trinajstić information content (AvgIpc) is 2.41. The maximum atomic E-state index is 12.4. The Hall–Kier alpha value is -1.16. The number of hydrogen-bond acceptors (Lipinski definition) is 4. The van der Waals surface area contributed by atoms with Gasteiger partial charge in [0.1, 0.15) is 5.54 Å². The van der Waals surface area contributed by atoms with Gasteiger partial charge in [-0.15, -0.1) is 0 Å². The quantitative estimate of drug-likeness (QED) is 0.654. The number of hydrogen-bond donors (Lipinski definition) is 0. The predicted octanol–water partition coefficient (Wildman–Crippen LogP) is 1.16. The molecule has 0 amide bonds. The van der Waals surface area contributed by atoms with Gasteiger partial charge in [0.05, 0.1) is 13.0 Å². The summed E-state index contributed by atoms with van der Waals surface area (Å²) >= 11 is 0. The van der Waals surface area contributed by atoms with Crippen LogP contribution in [0.2, 0.25) is 0 Å². The second kappa shape index (κ2) is 4.19. The summed E-state index contributed by atoms with van der Waals surface area (Å²) in [4.78, 5) is 26.8. The van der Waals surface area contributed by atoms with Crippen LogP contribution in [0.5, 0.6) is 0 Å². The van der Waals surface area contributed by atoms with E-state index in [2.05, 4.69) is 4.90 Å². The molecule has 18 heavy (non-hydrogen) atoms. The fourth-order valence-electron chi connectivity index (χ4n) is 4.14. The maximum Gasteiger partial charge on any atom is 0.327 e. The Morgan fingerprint density at radius 2 is 2.11 bits per heavy atom. The first-order valence-electron chi connectivity index (χ1n) is 6.76. The molecule has 0 aromatic rings. The van der Waals surface area contributed by atoms with Gasteiger partial charge in [0.15, 0.2) is 5.78 Å². The van der Waals surface area contributed by atoms with Gasteiger partial charge in [0.25, 0.3) is 0 Å². The highest BCUT2D eigenvalue weighted by molar-refractivity contribution is 6.00. The van der Waals surface area contributed by atoms with Crippen molar-refractivity contribution in [3.05, 3.63) is 12.2 Å². The molecule has 0 radical (unpaired) electrons. The summed E-state index contributed by atoms with van der Waals surface area (Å²) in [6.07, 6.45) is 7.50. The zero-order valence-corrected chi connectivity index (χ0v) is 10.7. The Kier molecular flexibility index (Phi) is 2.77. The standard InChI is InChI=1S/C14H19NO3/c1-18-13(17)14-10-4-2-8-15(14)9-3-5-11(14)12(16)7-6-10/h6-7,10-11H,2-5,8-9H2,1H3/t10-,11+,14+/m0/s1. The van der Waals surface area contributed by atoms with Crippen molar-refractivity contribution in [2.45, 2.75) is 31.2 Å². The van der Waals surface area contributed by atoms with Crippen LogP contribution in [0.15, 0.2) is 12.2 Å². The first-order chi connectivity index (χ1) is 8.71. The van der Waals surface area contributed by atoms with Crippen LogP contribution in [0.1, 0.15) is 25.7 Å². The Morgan fingerprint density at radius 1 is 1.39 bits per heavy atom. The van der Waals surface area contributed by atoms with Gasteiger partial charge < -0.3 is 4.74 Å². The molecule has 0 unspecified atom stereocenters. The highest BCUT2D eigenvalue weighted by Gasteiger charge is 2.61. The molecule has 3 rings (SSSR count). The van der Waals surface area contributed by atoms with E-state index in [4.69, 9.17) is 4.74 Å². The predicted molar refractivity (Wildman–Crippen MR) is 65.9 cm³/mol. The average molecular weight is 249 g/mol. The second-order valence-electron chi connectivity index (χ2n) is 5.51. The lowest BCUT2D eigenvalue weighted by Crippen LogP contribution is -2.70. The van der Waals surface area contributed by atoms with E-state index in [9.17, 15) is 9.59 Å². The molecule has 3 aliphatic rings. The molecule has 0 aromatic heterocycles. The first-order valence-corrected chi connectivity index (χ1v) is 6.76. The van der Waals surface area contributed by atoms with Crippen LogP contribution in [0, 0.1) is 11.8 Å². The molecule has 4 heteroatoms. The van der Waals surface area contributed by atoms with Gasteiger partial charge in [-0.05, 0) is 44.8 Å². The van der Waals surface area contributed by atoms with Gasteiger partial charge >= 0.3 is 5.97 Å². The number of ketones is 1. The molecule has 0 aromatic carbocycles. The van der Waals surface area contributed by atoms with E-state index < -0.39 is 5.54 Å². The van der Waals surface area contributed by atoms with Crippen LogP contribution in [0.25, 0.3) is 0 Å². The van der Waals surface area contributed by atoms with Gasteiger partial charge in [0, 0.05) is 5.92 Å². The van der Waals surface area contributed by atoms with Crippen molar-refractivity contribution >= 4 is 11.8 Å². The number of rotatable bonds is 1. The number of nitrogens with zero attached hydrogens (tertiary/aromatic N) is 1. The number of carbonyl (C=O) groups is 2. The van der Waals surface area contributed by atoms with Crippen LogP contribution in [-0.4, -0.2) is 42.4 Å². The lowest BCUT2D eigenvalue weighted by atomic mass is 9.61. The third kappa shape index (κ3) is 1.35. The Labute approximate surface area is 107 Å². The fourth-order valence-corrected chi connectivity index (χ4v) is 4.14. The van der Waals surface area contributed by atoms with E-state index in [0.717, 1.165) is 38.8 Å². The van der Waals surface area contributed by atoms with Crippen molar-refractivity contribution in [2.75, 3.05) is 20.2 Å². The minimum absolute atomic E-state index is 0.100. The normalized spacial score (nSPS) is 39.3. The summed E-state index contributed by atoms with van der Waals surface area (Å²) in [7, 11) is 1.43. The fraction of sp³-hybridized carbons (Fsp3) is 0.714. The van der Waals surface area contributed by atoms with Gasteiger partial charge in [-0.1, -0.05) is 6.08 Å². The summed E-state index contributed by atoms with van der Waals surface area (Å²) in [5, 5.41) is 0. The SMILES string of the molecule is COC(=O)[C@@]12[C@@H]3C=CC(=O)[C@H]1CCCN2CCC3. The number of methoxy groups -OCH3 is 1. The van der Waals surface area contributed by atoms with Crippen molar-refractivity contribution < 1.29 is 14.3 Å². The maximum absolute atomic E-state index is 12.4. The van der Waals surface area contributed by atoms with Gasteiger partial charge in [0.2, 0.25) is 0 Å². The summed E-state index contributed by atoms with van der Waals surface area (Å²) in [5.74, 6) is -0.173. The smallest absolute Gasteiger partial charge is 0.327 e. The van der Waals surface area contributed by atoms with E-state index in [-0.39, 0.29) is 23.6 Å². The molecule has 4 nitrogen and oxygen atoms in total. The molecule has 0 N–H and O–H groups in total. The van der Waals surface area contributed by atoms with Gasteiger partial charge in [-0.3, -0.25) is 14.5 Å². The molecular formula is C14H19NO3.